The van der Waals surface area contributed by atoms with Gasteiger partial charge in [0.05, 0.1) is 7.11 Å². The number of ether oxygens (including phenoxy) is 1. The van der Waals surface area contributed by atoms with Crippen LogP contribution in [0.3, 0.4) is 0 Å². The fourth-order valence-corrected chi connectivity index (χ4v) is 3.43. The third-order valence-electron chi connectivity index (χ3n) is 4.73. The van der Waals surface area contributed by atoms with Crippen LogP contribution in [0, 0.1) is 27.7 Å². The van der Waals surface area contributed by atoms with E-state index in [-0.39, 0.29) is 18.0 Å². The number of amides is 1. The number of carbonyl (C=O) groups excluding carboxylic acids is 1. The van der Waals surface area contributed by atoms with Gasteiger partial charge >= 0.3 is 0 Å². The van der Waals surface area contributed by atoms with Crippen molar-refractivity contribution in [1.29, 1.82) is 0 Å². The summed E-state index contributed by atoms with van der Waals surface area (Å²) < 4.78 is 6.58. The second kappa shape index (κ2) is 8.31. The van der Waals surface area contributed by atoms with Crippen molar-refractivity contribution in [3.05, 3.63) is 75.2 Å². The Morgan fingerprint density at radius 1 is 1.03 bits per heavy atom. The first kappa shape index (κ1) is 20.3. The fourth-order valence-electron chi connectivity index (χ4n) is 3.43. The molecule has 2 aromatic carbocycles. The van der Waals surface area contributed by atoms with Crippen LogP contribution in [-0.4, -0.2) is 22.6 Å². The van der Waals surface area contributed by atoms with E-state index < -0.39 is 0 Å². The molecular formula is C23H25N3O3. The molecule has 1 N–H and O–H groups in total. The second-order valence-corrected chi connectivity index (χ2v) is 7.20. The highest BCUT2D eigenvalue weighted by atomic mass is 16.5. The number of aryl methyl sites for hydroxylation is 4. The predicted molar refractivity (Wildman–Crippen MR) is 115 cm³/mol. The van der Waals surface area contributed by atoms with Gasteiger partial charge in [0, 0.05) is 23.0 Å². The maximum Gasteiger partial charge on any atom is 0.254 e. The molecule has 0 aliphatic carbocycles. The van der Waals surface area contributed by atoms with E-state index in [4.69, 9.17) is 4.74 Å². The minimum absolute atomic E-state index is 0.125. The Hall–Kier alpha value is -3.41. The Balaban J connectivity index is 1.94. The summed E-state index contributed by atoms with van der Waals surface area (Å²) in [5.74, 6) is 0.881. The van der Waals surface area contributed by atoms with Crippen LogP contribution < -0.4 is 15.6 Å². The zero-order chi connectivity index (χ0) is 21.1. The molecule has 0 unspecified atom stereocenters. The number of nitrogens with one attached hydrogen (secondary N) is 1. The number of nitrogens with zero attached hydrogens (tertiary/aromatic N) is 2. The number of rotatable bonds is 5. The number of carbonyl (C=O) groups is 1. The molecule has 0 atom stereocenters. The van der Waals surface area contributed by atoms with Crippen molar-refractivity contribution in [3.63, 3.8) is 0 Å². The van der Waals surface area contributed by atoms with Gasteiger partial charge in [-0.1, -0.05) is 17.7 Å². The van der Waals surface area contributed by atoms with Crippen LogP contribution >= 0.6 is 0 Å². The zero-order valence-electron chi connectivity index (χ0n) is 17.4. The van der Waals surface area contributed by atoms with Crippen molar-refractivity contribution < 1.29 is 9.53 Å². The summed E-state index contributed by atoms with van der Waals surface area (Å²) in [4.78, 5) is 29.9. The van der Waals surface area contributed by atoms with E-state index in [1.807, 2.05) is 45.0 Å². The van der Waals surface area contributed by atoms with Gasteiger partial charge in [-0.2, -0.15) is 0 Å². The van der Waals surface area contributed by atoms with Crippen LogP contribution in [0.5, 0.6) is 5.75 Å². The fraction of sp³-hybridized carbons (Fsp3) is 0.261. The van der Waals surface area contributed by atoms with E-state index >= 15 is 0 Å². The highest BCUT2D eigenvalue weighted by molar-refractivity contribution is 5.92. The van der Waals surface area contributed by atoms with Gasteiger partial charge in [-0.3, -0.25) is 14.2 Å². The van der Waals surface area contributed by atoms with Crippen LogP contribution in [0.1, 0.15) is 22.4 Å². The van der Waals surface area contributed by atoms with Gasteiger partial charge in [0.1, 0.15) is 18.1 Å². The van der Waals surface area contributed by atoms with E-state index in [1.165, 1.54) is 10.6 Å². The smallest absolute Gasteiger partial charge is 0.254 e. The molecule has 6 nitrogen and oxygen atoms in total. The van der Waals surface area contributed by atoms with Crippen molar-refractivity contribution in [3.8, 4) is 17.1 Å². The highest BCUT2D eigenvalue weighted by Crippen LogP contribution is 2.23. The van der Waals surface area contributed by atoms with E-state index in [0.29, 0.717) is 17.3 Å². The molecule has 0 aliphatic rings. The molecule has 3 aromatic rings. The third-order valence-corrected chi connectivity index (χ3v) is 4.73. The summed E-state index contributed by atoms with van der Waals surface area (Å²) in [6, 6.07) is 12.7. The predicted octanol–water partition coefficient (Wildman–Crippen LogP) is 3.79. The zero-order valence-corrected chi connectivity index (χ0v) is 17.4. The van der Waals surface area contributed by atoms with Gasteiger partial charge < -0.3 is 10.1 Å². The van der Waals surface area contributed by atoms with Gasteiger partial charge in [-0.15, -0.1) is 0 Å². The maximum atomic E-state index is 12.8. The van der Waals surface area contributed by atoms with Crippen LogP contribution in [0.15, 0.2) is 47.3 Å². The molecule has 3 rings (SSSR count). The summed E-state index contributed by atoms with van der Waals surface area (Å²) in [5, 5.41) is 2.95. The van der Waals surface area contributed by atoms with Gasteiger partial charge in [-0.05, 0) is 63.1 Å². The first-order chi connectivity index (χ1) is 13.8. The normalized spacial score (nSPS) is 10.7. The van der Waals surface area contributed by atoms with E-state index in [9.17, 15) is 9.59 Å². The van der Waals surface area contributed by atoms with E-state index in [1.54, 1.807) is 26.2 Å². The lowest BCUT2D eigenvalue weighted by atomic mass is 10.1. The van der Waals surface area contributed by atoms with E-state index in [0.717, 1.165) is 27.9 Å². The molecule has 0 bridgehead atoms. The van der Waals surface area contributed by atoms with Crippen LogP contribution in [0.2, 0.25) is 0 Å². The van der Waals surface area contributed by atoms with Crippen LogP contribution in [0.25, 0.3) is 11.4 Å². The first-order valence-electron chi connectivity index (χ1n) is 9.39. The summed E-state index contributed by atoms with van der Waals surface area (Å²) in [5.41, 5.74) is 4.96. The molecule has 0 saturated carbocycles. The largest absolute Gasteiger partial charge is 0.497 e. The molecule has 0 spiro atoms. The minimum atomic E-state index is -0.275. The minimum Gasteiger partial charge on any atom is -0.497 e. The quantitative estimate of drug-likeness (QED) is 0.718. The van der Waals surface area contributed by atoms with Gasteiger partial charge in [-0.25, -0.2) is 4.98 Å². The summed E-state index contributed by atoms with van der Waals surface area (Å²) in [6.07, 6.45) is 0. The molecule has 6 heteroatoms. The van der Waals surface area contributed by atoms with Crippen LogP contribution in [-0.2, 0) is 11.3 Å². The van der Waals surface area contributed by atoms with Crippen molar-refractivity contribution in [2.24, 2.45) is 0 Å². The average molecular weight is 391 g/mol. The molecule has 150 valence electrons. The number of aromatic nitrogens is 2. The number of benzene rings is 2. The Labute approximate surface area is 170 Å². The van der Waals surface area contributed by atoms with Crippen molar-refractivity contribution in [2.45, 2.75) is 34.2 Å². The number of methoxy groups -OCH3 is 1. The Morgan fingerprint density at radius 2 is 1.66 bits per heavy atom. The lowest BCUT2D eigenvalue weighted by Crippen LogP contribution is -2.30. The Morgan fingerprint density at radius 3 is 2.24 bits per heavy atom. The van der Waals surface area contributed by atoms with Gasteiger partial charge in [0.15, 0.2) is 0 Å². The molecule has 0 saturated heterocycles. The van der Waals surface area contributed by atoms with E-state index in [2.05, 4.69) is 10.3 Å². The topological polar surface area (TPSA) is 73.2 Å². The molecule has 1 heterocycles. The van der Waals surface area contributed by atoms with Crippen LogP contribution in [0.4, 0.5) is 5.69 Å². The Bertz CT molecular complexity index is 1090. The number of hydrogen-bond donors (Lipinski definition) is 1. The summed E-state index contributed by atoms with van der Waals surface area (Å²) in [7, 11) is 1.59. The third kappa shape index (κ3) is 4.54. The Kier molecular flexibility index (Phi) is 5.82. The molecule has 0 radical (unpaired) electrons. The molecule has 0 aliphatic heterocycles. The molecule has 29 heavy (non-hydrogen) atoms. The first-order valence-corrected chi connectivity index (χ1v) is 9.39. The monoisotopic (exact) mass is 391 g/mol. The van der Waals surface area contributed by atoms with Crippen molar-refractivity contribution in [2.75, 3.05) is 12.4 Å². The highest BCUT2D eigenvalue weighted by Gasteiger charge is 2.15. The second-order valence-electron chi connectivity index (χ2n) is 7.20. The maximum absolute atomic E-state index is 12.8. The molecule has 1 aromatic heterocycles. The van der Waals surface area contributed by atoms with Crippen molar-refractivity contribution in [1.82, 2.24) is 9.55 Å². The van der Waals surface area contributed by atoms with Crippen molar-refractivity contribution >= 4 is 11.6 Å². The summed E-state index contributed by atoms with van der Waals surface area (Å²) in [6.45, 7) is 7.57. The van der Waals surface area contributed by atoms with Gasteiger partial charge in [0.25, 0.3) is 5.56 Å². The standard InChI is InChI=1S/C23H25N3O3/c1-14-10-15(2)22(16(3)11-14)25-20(27)13-26-21(28)12-17(4)24-23(26)18-6-8-19(29-5)9-7-18/h6-12H,13H2,1-5H3,(H,25,27). The van der Waals surface area contributed by atoms with Gasteiger partial charge in [0.2, 0.25) is 5.91 Å². The SMILES string of the molecule is COc1ccc(-c2nc(C)cc(=O)n2CC(=O)Nc2c(C)cc(C)cc2C)cc1. The lowest BCUT2D eigenvalue weighted by Gasteiger charge is -2.16. The summed E-state index contributed by atoms with van der Waals surface area (Å²) >= 11 is 0. The molecule has 0 fully saturated rings. The lowest BCUT2D eigenvalue weighted by molar-refractivity contribution is -0.116. The molecular weight excluding hydrogens is 366 g/mol. The number of anilines is 1. The molecule has 1 amide bonds. The average Bonchev–Trinajstić information content (AvgIpc) is 2.66. The number of hydrogen-bond acceptors (Lipinski definition) is 4.